The van der Waals surface area contributed by atoms with Gasteiger partial charge in [-0.3, -0.25) is 4.90 Å². The first-order chi connectivity index (χ1) is 9.49. The van der Waals surface area contributed by atoms with E-state index in [4.69, 9.17) is 22.7 Å². The maximum absolute atomic E-state index is 5.70. The monoisotopic (exact) mass is 312 g/mol. The summed E-state index contributed by atoms with van der Waals surface area (Å²) in [5.41, 5.74) is 7.72. The van der Waals surface area contributed by atoms with E-state index in [1.54, 1.807) is 7.11 Å². The van der Waals surface area contributed by atoms with Crippen LogP contribution in [0, 0.1) is 0 Å². The second kappa shape index (κ2) is 8.49. The SMILES string of the molecule is COc1ccc(C(N)=S)cc1CN(C)C(C)CCSC. The lowest BCUT2D eigenvalue weighted by Crippen LogP contribution is -2.29. The lowest BCUT2D eigenvalue weighted by atomic mass is 10.1. The van der Waals surface area contributed by atoms with E-state index in [-0.39, 0.29) is 0 Å². The Balaban J connectivity index is 2.83. The van der Waals surface area contributed by atoms with Crippen LogP contribution in [-0.2, 0) is 6.54 Å². The van der Waals surface area contributed by atoms with Crippen molar-refractivity contribution in [3.63, 3.8) is 0 Å². The number of thiocarbonyl (C=S) groups is 1. The summed E-state index contributed by atoms with van der Waals surface area (Å²) in [6.45, 7) is 3.08. The molecule has 1 aromatic rings. The van der Waals surface area contributed by atoms with Crippen LogP contribution in [0.5, 0.6) is 5.75 Å². The summed E-state index contributed by atoms with van der Waals surface area (Å²) in [5.74, 6) is 2.06. The number of ether oxygens (including phenoxy) is 1. The molecule has 2 N–H and O–H groups in total. The van der Waals surface area contributed by atoms with E-state index in [0.717, 1.165) is 23.4 Å². The van der Waals surface area contributed by atoms with E-state index >= 15 is 0 Å². The normalized spacial score (nSPS) is 12.4. The molecule has 1 unspecified atom stereocenters. The maximum atomic E-state index is 5.70. The Bertz CT molecular complexity index is 451. The van der Waals surface area contributed by atoms with E-state index in [0.29, 0.717) is 11.0 Å². The summed E-state index contributed by atoms with van der Waals surface area (Å²) in [4.78, 5) is 2.75. The molecule has 1 atom stereocenters. The molecule has 1 aromatic carbocycles. The minimum Gasteiger partial charge on any atom is -0.496 e. The van der Waals surface area contributed by atoms with Crippen molar-refractivity contribution < 1.29 is 4.74 Å². The lowest BCUT2D eigenvalue weighted by molar-refractivity contribution is 0.241. The van der Waals surface area contributed by atoms with Crippen molar-refractivity contribution >= 4 is 29.0 Å². The smallest absolute Gasteiger partial charge is 0.123 e. The van der Waals surface area contributed by atoms with Crippen molar-refractivity contribution in [1.29, 1.82) is 0 Å². The number of benzene rings is 1. The van der Waals surface area contributed by atoms with E-state index < -0.39 is 0 Å². The standard InChI is InChI=1S/C15H24N2OS2/c1-11(7-8-20-4)17(2)10-13-9-12(15(16)19)5-6-14(13)18-3/h5-6,9,11H,7-8,10H2,1-4H3,(H2,16,19). The van der Waals surface area contributed by atoms with Gasteiger partial charge in [-0.1, -0.05) is 12.2 Å². The van der Waals surface area contributed by atoms with Crippen molar-refractivity contribution in [1.82, 2.24) is 4.90 Å². The molecule has 0 aliphatic rings. The second-order valence-corrected chi connectivity index (χ2v) is 6.36. The zero-order valence-corrected chi connectivity index (χ0v) is 14.3. The number of nitrogens with two attached hydrogens (primary N) is 1. The molecule has 112 valence electrons. The van der Waals surface area contributed by atoms with Gasteiger partial charge in [0.2, 0.25) is 0 Å². The summed E-state index contributed by atoms with van der Waals surface area (Å²) < 4.78 is 5.43. The van der Waals surface area contributed by atoms with Crippen molar-refractivity contribution in [3.05, 3.63) is 29.3 Å². The van der Waals surface area contributed by atoms with E-state index in [2.05, 4.69) is 25.1 Å². The lowest BCUT2D eigenvalue weighted by Gasteiger charge is -2.25. The molecule has 0 amide bonds. The fourth-order valence-electron chi connectivity index (χ4n) is 1.99. The Morgan fingerprint density at radius 2 is 2.20 bits per heavy atom. The number of methoxy groups -OCH3 is 1. The predicted octanol–water partition coefficient (Wildman–Crippen LogP) is 2.90. The number of thioether (sulfide) groups is 1. The molecule has 0 heterocycles. The summed E-state index contributed by atoms with van der Waals surface area (Å²) in [5, 5.41) is 0. The van der Waals surface area contributed by atoms with Gasteiger partial charge in [0.05, 0.1) is 7.11 Å². The number of rotatable bonds is 8. The largest absolute Gasteiger partial charge is 0.496 e. The van der Waals surface area contributed by atoms with Gasteiger partial charge in [-0.25, -0.2) is 0 Å². The van der Waals surface area contributed by atoms with Gasteiger partial charge in [0.25, 0.3) is 0 Å². The minimum atomic E-state index is 0.423. The van der Waals surface area contributed by atoms with Gasteiger partial charge >= 0.3 is 0 Å². The molecule has 0 radical (unpaired) electrons. The van der Waals surface area contributed by atoms with Gasteiger partial charge in [-0.2, -0.15) is 11.8 Å². The Morgan fingerprint density at radius 3 is 2.75 bits per heavy atom. The molecule has 0 fully saturated rings. The average molecular weight is 313 g/mol. The zero-order valence-electron chi connectivity index (χ0n) is 12.7. The molecular formula is C15H24N2OS2. The Kier molecular flexibility index (Phi) is 7.34. The third-order valence-corrected chi connectivity index (χ3v) is 4.36. The van der Waals surface area contributed by atoms with Crippen LogP contribution in [0.15, 0.2) is 18.2 Å². The van der Waals surface area contributed by atoms with Gasteiger partial charge < -0.3 is 10.5 Å². The maximum Gasteiger partial charge on any atom is 0.123 e. The van der Waals surface area contributed by atoms with Gasteiger partial charge in [0, 0.05) is 23.7 Å². The summed E-state index contributed by atoms with van der Waals surface area (Å²) >= 11 is 6.93. The molecule has 0 saturated heterocycles. The topological polar surface area (TPSA) is 38.5 Å². The van der Waals surface area contributed by atoms with Gasteiger partial charge in [-0.05, 0) is 50.6 Å². The molecule has 1 rings (SSSR count). The molecular weight excluding hydrogens is 288 g/mol. The molecule has 0 saturated carbocycles. The quantitative estimate of drug-likeness (QED) is 0.747. The fraction of sp³-hybridized carbons (Fsp3) is 0.533. The molecule has 3 nitrogen and oxygen atoms in total. The highest BCUT2D eigenvalue weighted by Gasteiger charge is 2.13. The molecule has 5 heteroatoms. The Morgan fingerprint density at radius 1 is 1.50 bits per heavy atom. The van der Waals surface area contributed by atoms with Crippen LogP contribution in [0.3, 0.4) is 0 Å². The molecule has 0 aromatic heterocycles. The van der Waals surface area contributed by atoms with Crippen molar-refractivity contribution in [3.8, 4) is 5.75 Å². The van der Waals surface area contributed by atoms with Crippen LogP contribution in [0.2, 0.25) is 0 Å². The first-order valence-corrected chi connectivity index (χ1v) is 8.45. The summed E-state index contributed by atoms with van der Waals surface area (Å²) in [7, 11) is 3.83. The highest BCUT2D eigenvalue weighted by molar-refractivity contribution is 7.98. The highest BCUT2D eigenvalue weighted by Crippen LogP contribution is 2.22. The van der Waals surface area contributed by atoms with E-state index in [1.165, 1.54) is 12.2 Å². The first kappa shape index (κ1) is 17.3. The first-order valence-electron chi connectivity index (χ1n) is 6.65. The fourth-order valence-corrected chi connectivity index (χ4v) is 2.69. The van der Waals surface area contributed by atoms with Crippen molar-refractivity contribution in [2.24, 2.45) is 5.73 Å². The van der Waals surface area contributed by atoms with Crippen molar-refractivity contribution in [2.75, 3.05) is 26.2 Å². The number of nitrogens with zero attached hydrogens (tertiary/aromatic N) is 1. The van der Waals surface area contributed by atoms with Crippen LogP contribution >= 0.6 is 24.0 Å². The molecule has 0 aliphatic carbocycles. The zero-order chi connectivity index (χ0) is 15.1. The third kappa shape index (κ3) is 4.96. The molecule has 0 bridgehead atoms. The van der Waals surface area contributed by atoms with E-state index in [9.17, 15) is 0 Å². The minimum absolute atomic E-state index is 0.423. The number of hydrogen-bond donors (Lipinski definition) is 1. The van der Waals surface area contributed by atoms with Crippen molar-refractivity contribution in [2.45, 2.75) is 25.9 Å². The Hall–Kier alpha value is -0.780. The summed E-state index contributed by atoms with van der Waals surface area (Å²) in [6, 6.07) is 6.39. The van der Waals surface area contributed by atoms with Gasteiger partial charge in [0.15, 0.2) is 0 Å². The predicted molar refractivity (Wildman–Crippen MR) is 92.8 cm³/mol. The third-order valence-electron chi connectivity index (χ3n) is 3.48. The Labute approximate surface area is 131 Å². The van der Waals surface area contributed by atoms with Crippen LogP contribution in [0.1, 0.15) is 24.5 Å². The van der Waals surface area contributed by atoms with Crippen LogP contribution < -0.4 is 10.5 Å². The van der Waals surface area contributed by atoms with Crippen LogP contribution in [0.4, 0.5) is 0 Å². The van der Waals surface area contributed by atoms with Gasteiger partial charge in [-0.15, -0.1) is 0 Å². The van der Waals surface area contributed by atoms with Gasteiger partial charge in [0.1, 0.15) is 10.7 Å². The number of hydrogen-bond acceptors (Lipinski definition) is 4. The van der Waals surface area contributed by atoms with Crippen LogP contribution in [-0.4, -0.2) is 42.1 Å². The van der Waals surface area contributed by atoms with Crippen LogP contribution in [0.25, 0.3) is 0 Å². The average Bonchev–Trinajstić information content (AvgIpc) is 2.44. The molecule has 0 aliphatic heterocycles. The highest BCUT2D eigenvalue weighted by atomic mass is 32.2. The second-order valence-electron chi connectivity index (χ2n) is 4.94. The molecule has 0 spiro atoms. The van der Waals surface area contributed by atoms with E-state index in [1.807, 2.05) is 30.0 Å². The summed E-state index contributed by atoms with van der Waals surface area (Å²) in [6.07, 6.45) is 3.32. The molecule has 20 heavy (non-hydrogen) atoms.